The second-order valence-electron chi connectivity index (χ2n) is 10.3. The van der Waals surface area contributed by atoms with Crippen molar-refractivity contribution in [1.82, 2.24) is 19.4 Å². The number of anilines is 1. The summed E-state index contributed by atoms with van der Waals surface area (Å²) >= 11 is 0. The zero-order valence-electron chi connectivity index (χ0n) is 22.5. The van der Waals surface area contributed by atoms with Crippen molar-refractivity contribution in [3.63, 3.8) is 0 Å². The van der Waals surface area contributed by atoms with Crippen molar-refractivity contribution in [3.05, 3.63) is 92.7 Å². The molecule has 1 saturated heterocycles. The number of likely N-dealkylation sites (tertiary alicyclic amines) is 1. The molecular weight excluding hydrogens is 462 g/mol. The average molecular weight is 500 g/mol. The molecule has 0 spiro atoms. The largest absolute Gasteiger partial charge is 0.398 e. The molecule has 0 aliphatic carbocycles. The Morgan fingerprint density at radius 1 is 1.11 bits per heavy atom. The first-order chi connectivity index (χ1) is 17.7. The van der Waals surface area contributed by atoms with Gasteiger partial charge in [-0.25, -0.2) is 0 Å². The lowest BCUT2D eigenvalue weighted by Gasteiger charge is -2.32. The Morgan fingerprint density at radius 2 is 1.78 bits per heavy atom. The third-order valence-electron chi connectivity index (χ3n) is 7.29. The number of hydrogen-bond acceptors (Lipinski definition) is 5. The summed E-state index contributed by atoms with van der Waals surface area (Å²) in [5.41, 5.74) is 12.8. The van der Waals surface area contributed by atoms with Crippen LogP contribution in [0.4, 0.5) is 5.69 Å². The third-order valence-corrected chi connectivity index (χ3v) is 7.29. The fourth-order valence-corrected chi connectivity index (χ4v) is 5.02. The van der Waals surface area contributed by atoms with Gasteiger partial charge in [0.05, 0.1) is 5.69 Å². The van der Waals surface area contributed by atoms with Gasteiger partial charge < -0.3 is 10.6 Å². The normalized spacial score (nSPS) is 15.1. The zero-order chi connectivity index (χ0) is 26.7. The molecule has 0 saturated carbocycles. The van der Waals surface area contributed by atoms with Crippen molar-refractivity contribution < 1.29 is 4.79 Å². The highest BCUT2D eigenvalue weighted by Crippen LogP contribution is 2.29. The maximum Gasteiger partial charge on any atom is 0.260 e. The van der Waals surface area contributed by atoms with Crippen molar-refractivity contribution in [2.24, 2.45) is 0 Å². The van der Waals surface area contributed by atoms with Crippen LogP contribution in [0.25, 0.3) is 11.8 Å². The number of carbonyl (C=O) groups excluding carboxylic acids is 1. The summed E-state index contributed by atoms with van der Waals surface area (Å²) in [6, 6.07) is 11.7. The highest BCUT2D eigenvalue weighted by atomic mass is 16.2. The zero-order valence-corrected chi connectivity index (χ0v) is 22.5. The van der Waals surface area contributed by atoms with E-state index in [9.17, 15) is 9.59 Å². The van der Waals surface area contributed by atoms with Crippen LogP contribution in [0.1, 0.15) is 58.4 Å². The number of aryl methyl sites for hydroxylation is 1. The first-order valence-electron chi connectivity index (χ1n) is 12.8. The Hall–Kier alpha value is -3.71. The Bertz CT molecular complexity index is 1360. The monoisotopic (exact) mass is 499 g/mol. The summed E-state index contributed by atoms with van der Waals surface area (Å²) in [5, 5.41) is 0. The maximum absolute atomic E-state index is 12.9. The van der Waals surface area contributed by atoms with Gasteiger partial charge in [-0.3, -0.25) is 24.0 Å². The Morgan fingerprint density at radius 3 is 2.43 bits per heavy atom. The van der Waals surface area contributed by atoms with Gasteiger partial charge in [0.1, 0.15) is 0 Å². The van der Waals surface area contributed by atoms with Gasteiger partial charge in [0.25, 0.3) is 11.5 Å². The van der Waals surface area contributed by atoms with Crippen LogP contribution in [-0.4, -0.2) is 59.0 Å². The van der Waals surface area contributed by atoms with E-state index in [4.69, 9.17) is 5.73 Å². The molecule has 7 heteroatoms. The van der Waals surface area contributed by atoms with Gasteiger partial charge in [-0.15, -0.1) is 0 Å². The van der Waals surface area contributed by atoms with Crippen LogP contribution in [-0.2, 0) is 0 Å². The highest BCUT2D eigenvalue weighted by molar-refractivity contribution is 5.93. The van der Waals surface area contributed by atoms with Crippen molar-refractivity contribution >= 4 is 17.7 Å². The predicted octanol–water partition coefficient (Wildman–Crippen LogP) is 4.42. The molecule has 0 bridgehead atoms. The van der Waals surface area contributed by atoms with Crippen LogP contribution in [0.15, 0.2) is 59.2 Å². The van der Waals surface area contributed by atoms with Gasteiger partial charge in [-0.1, -0.05) is 23.8 Å². The lowest BCUT2D eigenvalue weighted by Crippen LogP contribution is -2.34. The number of rotatable bonds is 6. The molecule has 1 amide bonds. The first-order valence-corrected chi connectivity index (χ1v) is 12.8. The molecule has 3 aromatic rings. The van der Waals surface area contributed by atoms with Crippen LogP contribution in [0.3, 0.4) is 0 Å². The number of amides is 1. The summed E-state index contributed by atoms with van der Waals surface area (Å²) in [6.45, 7) is 8.77. The number of carbonyl (C=O) groups is 1. The van der Waals surface area contributed by atoms with Crippen LogP contribution in [0, 0.1) is 13.8 Å². The van der Waals surface area contributed by atoms with Crippen LogP contribution in [0.2, 0.25) is 0 Å². The number of pyridine rings is 2. The summed E-state index contributed by atoms with van der Waals surface area (Å²) in [5.74, 6) is 0.545. The molecule has 2 aromatic heterocycles. The standard InChI is InChI=1S/C30H37N5O2/c1-20(18-26-22(3)32-14-10-28(26)35-17-13-27(31)21(2)29(35)36)19-34-15-11-24(12-16-34)23-6-8-25(9-7-23)30(37)33(4)5/h6-10,13-14,17-18,24H,11-12,15-16,19,31H2,1-5H3/b20-18+. The van der Waals surface area contributed by atoms with Gasteiger partial charge in [-0.05, 0) is 82.4 Å². The van der Waals surface area contributed by atoms with E-state index in [1.807, 2.05) is 25.1 Å². The number of nitrogens with two attached hydrogens (primary N) is 1. The average Bonchev–Trinajstić information content (AvgIpc) is 2.89. The van der Waals surface area contributed by atoms with Gasteiger partial charge >= 0.3 is 0 Å². The van der Waals surface area contributed by atoms with Gasteiger partial charge in [0, 0.05) is 61.1 Å². The fraction of sp³-hybridized carbons (Fsp3) is 0.367. The lowest BCUT2D eigenvalue weighted by molar-refractivity contribution is 0.0827. The van der Waals surface area contributed by atoms with Crippen LogP contribution >= 0.6 is 0 Å². The lowest BCUT2D eigenvalue weighted by atomic mass is 9.88. The predicted molar refractivity (Wildman–Crippen MR) is 150 cm³/mol. The van der Waals surface area contributed by atoms with E-state index >= 15 is 0 Å². The molecule has 1 fully saturated rings. The summed E-state index contributed by atoms with van der Waals surface area (Å²) in [7, 11) is 3.55. The minimum Gasteiger partial charge on any atom is -0.398 e. The van der Waals surface area contributed by atoms with E-state index in [-0.39, 0.29) is 11.5 Å². The number of nitrogens with zero attached hydrogens (tertiary/aromatic N) is 4. The van der Waals surface area contributed by atoms with Crippen molar-refractivity contribution in [3.8, 4) is 5.69 Å². The first kappa shape index (κ1) is 26.4. The molecular formula is C30H37N5O2. The second-order valence-corrected chi connectivity index (χ2v) is 10.3. The molecule has 4 rings (SSSR count). The molecule has 7 nitrogen and oxygen atoms in total. The Kier molecular flexibility index (Phi) is 7.93. The number of aromatic nitrogens is 2. The highest BCUT2D eigenvalue weighted by Gasteiger charge is 2.21. The Balaban J connectivity index is 1.45. The Labute approximate surface area is 219 Å². The molecule has 1 aliphatic heterocycles. The third kappa shape index (κ3) is 5.83. The molecule has 37 heavy (non-hydrogen) atoms. The van der Waals surface area contributed by atoms with E-state index in [1.165, 1.54) is 11.1 Å². The number of benzene rings is 1. The van der Waals surface area contributed by atoms with Crippen LogP contribution in [0.5, 0.6) is 0 Å². The molecule has 2 N–H and O–H groups in total. The molecule has 3 heterocycles. The number of piperidine rings is 1. The summed E-state index contributed by atoms with van der Waals surface area (Å²) in [6.07, 6.45) is 7.81. The molecule has 0 radical (unpaired) electrons. The van der Waals surface area contributed by atoms with Gasteiger partial charge in [-0.2, -0.15) is 0 Å². The fourth-order valence-electron chi connectivity index (χ4n) is 5.02. The number of nitrogen functional groups attached to an aromatic ring is 1. The van der Waals surface area contributed by atoms with Crippen molar-refractivity contribution in [1.29, 1.82) is 0 Å². The molecule has 194 valence electrons. The quantitative estimate of drug-likeness (QED) is 0.543. The molecule has 1 aliphatic rings. The van der Waals surface area contributed by atoms with E-state index < -0.39 is 0 Å². The minimum absolute atomic E-state index is 0.0343. The SMILES string of the molecule is C/C(=C\c1c(-n2ccc(N)c(C)c2=O)ccnc1C)CN1CCC(c2ccc(C(=O)N(C)C)cc2)CC1. The maximum atomic E-state index is 12.9. The summed E-state index contributed by atoms with van der Waals surface area (Å²) in [4.78, 5) is 33.6. The minimum atomic E-state index is -0.112. The van der Waals surface area contributed by atoms with Gasteiger partial charge in [0.2, 0.25) is 0 Å². The summed E-state index contributed by atoms with van der Waals surface area (Å²) < 4.78 is 1.66. The number of hydrogen-bond donors (Lipinski definition) is 1. The molecule has 0 unspecified atom stereocenters. The van der Waals surface area contributed by atoms with Gasteiger partial charge in [0.15, 0.2) is 0 Å². The van der Waals surface area contributed by atoms with E-state index in [0.29, 0.717) is 17.2 Å². The molecule has 1 aromatic carbocycles. The van der Waals surface area contributed by atoms with E-state index in [0.717, 1.165) is 55.0 Å². The topological polar surface area (TPSA) is 84.5 Å². The van der Waals surface area contributed by atoms with E-state index in [2.05, 4.69) is 35.0 Å². The van der Waals surface area contributed by atoms with Crippen molar-refractivity contribution in [2.75, 3.05) is 39.5 Å². The van der Waals surface area contributed by atoms with Crippen LogP contribution < -0.4 is 11.3 Å². The van der Waals surface area contributed by atoms with Crippen molar-refractivity contribution in [2.45, 2.75) is 39.5 Å². The second kappa shape index (κ2) is 11.1. The smallest absolute Gasteiger partial charge is 0.260 e. The molecule has 0 atom stereocenters. The van der Waals surface area contributed by atoms with E-state index in [1.54, 1.807) is 48.9 Å².